The Bertz CT molecular complexity index is 897. The zero-order valence-corrected chi connectivity index (χ0v) is 22.1. The number of carbonyl (C=O) groups excluding carboxylic acids is 2. The summed E-state index contributed by atoms with van der Waals surface area (Å²) in [7, 11) is 0.790. The SMILES string of the molecule is COC(=O)Cc1c(C)c(COCC(=O)OC(C)(C)C)c(C)c(B2OC(C)(C)C(C)(C)O2)c1C. The van der Waals surface area contributed by atoms with Gasteiger partial charge in [0.1, 0.15) is 12.2 Å². The van der Waals surface area contributed by atoms with Crippen LogP contribution in [0.5, 0.6) is 0 Å². The first-order valence-corrected chi connectivity index (χ1v) is 11.3. The van der Waals surface area contributed by atoms with Gasteiger partial charge in [-0.3, -0.25) is 4.79 Å². The molecule has 1 aromatic rings. The summed E-state index contributed by atoms with van der Waals surface area (Å²) in [6.07, 6.45) is 0.125. The summed E-state index contributed by atoms with van der Waals surface area (Å²) in [5.74, 6) is -0.753. The van der Waals surface area contributed by atoms with Gasteiger partial charge in [0.25, 0.3) is 0 Å². The van der Waals surface area contributed by atoms with E-state index in [0.29, 0.717) is 0 Å². The largest absolute Gasteiger partial charge is 0.495 e. The van der Waals surface area contributed by atoms with Gasteiger partial charge in [-0.2, -0.15) is 0 Å². The van der Waals surface area contributed by atoms with Crippen LogP contribution >= 0.6 is 0 Å². The van der Waals surface area contributed by atoms with Crippen LogP contribution in [0.3, 0.4) is 0 Å². The van der Waals surface area contributed by atoms with E-state index in [1.54, 1.807) is 0 Å². The van der Waals surface area contributed by atoms with Gasteiger partial charge in [0.15, 0.2) is 0 Å². The first-order chi connectivity index (χ1) is 15.0. The summed E-state index contributed by atoms with van der Waals surface area (Å²) in [5.41, 5.74) is 3.88. The lowest BCUT2D eigenvalue weighted by atomic mass is 9.69. The van der Waals surface area contributed by atoms with Crippen LogP contribution in [-0.2, 0) is 46.1 Å². The van der Waals surface area contributed by atoms with Crippen LogP contribution in [0, 0.1) is 20.8 Å². The molecule has 8 heteroatoms. The van der Waals surface area contributed by atoms with Crippen molar-refractivity contribution in [1.82, 2.24) is 0 Å². The topological polar surface area (TPSA) is 80.3 Å². The van der Waals surface area contributed by atoms with E-state index >= 15 is 0 Å². The number of hydrogen-bond acceptors (Lipinski definition) is 7. The van der Waals surface area contributed by atoms with Crippen LogP contribution in [-0.4, -0.2) is 49.6 Å². The van der Waals surface area contributed by atoms with Crippen molar-refractivity contribution >= 4 is 24.5 Å². The van der Waals surface area contributed by atoms with Crippen LogP contribution in [0.1, 0.15) is 76.3 Å². The molecule has 0 saturated carbocycles. The number of rotatable bonds is 7. The van der Waals surface area contributed by atoms with E-state index in [1.807, 2.05) is 69.2 Å². The van der Waals surface area contributed by atoms with Gasteiger partial charge in [-0.05, 0) is 103 Å². The number of benzene rings is 1. The fraction of sp³-hybridized carbons (Fsp3) is 0.680. The van der Waals surface area contributed by atoms with Crippen molar-refractivity contribution in [1.29, 1.82) is 0 Å². The molecule has 0 amide bonds. The van der Waals surface area contributed by atoms with Crippen molar-refractivity contribution in [3.05, 3.63) is 27.8 Å². The molecule has 1 fully saturated rings. The van der Waals surface area contributed by atoms with Crippen molar-refractivity contribution in [2.24, 2.45) is 0 Å². The molecule has 1 aromatic carbocycles. The molecule has 0 N–H and O–H groups in total. The zero-order valence-electron chi connectivity index (χ0n) is 22.1. The van der Waals surface area contributed by atoms with Crippen molar-refractivity contribution in [3.63, 3.8) is 0 Å². The molecule has 0 unspecified atom stereocenters. The van der Waals surface area contributed by atoms with Crippen molar-refractivity contribution in [3.8, 4) is 0 Å². The molecule has 33 heavy (non-hydrogen) atoms. The third-order valence-corrected chi connectivity index (χ3v) is 6.54. The van der Waals surface area contributed by atoms with Gasteiger partial charge in [0.05, 0.1) is 31.3 Å². The minimum atomic E-state index is -0.586. The van der Waals surface area contributed by atoms with Gasteiger partial charge in [0.2, 0.25) is 0 Å². The first-order valence-electron chi connectivity index (χ1n) is 11.3. The predicted octanol–water partition coefficient (Wildman–Crippen LogP) is 3.48. The number of esters is 2. The minimum Gasteiger partial charge on any atom is -0.469 e. The molecular formula is C25H39BO7. The second-order valence-electron chi connectivity index (χ2n) is 10.7. The van der Waals surface area contributed by atoms with Crippen LogP contribution < -0.4 is 5.46 Å². The third kappa shape index (κ3) is 6.17. The molecule has 0 bridgehead atoms. The Labute approximate surface area is 198 Å². The number of ether oxygens (including phenoxy) is 3. The van der Waals surface area contributed by atoms with E-state index in [2.05, 4.69) is 0 Å². The lowest BCUT2D eigenvalue weighted by Crippen LogP contribution is -2.41. The summed E-state index contributed by atoms with van der Waals surface area (Å²) >= 11 is 0. The molecule has 7 nitrogen and oxygen atoms in total. The second-order valence-corrected chi connectivity index (χ2v) is 10.7. The molecule has 184 valence electrons. The second kappa shape index (κ2) is 9.76. The maximum Gasteiger partial charge on any atom is 0.495 e. The van der Waals surface area contributed by atoms with E-state index in [0.717, 1.165) is 33.3 Å². The predicted molar refractivity (Wildman–Crippen MR) is 128 cm³/mol. The third-order valence-electron chi connectivity index (χ3n) is 6.54. The van der Waals surface area contributed by atoms with Gasteiger partial charge in [-0.25, -0.2) is 4.79 Å². The molecule has 1 aliphatic rings. The smallest absolute Gasteiger partial charge is 0.469 e. The van der Waals surface area contributed by atoms with E-state index in [4.69, 9.17) is 23.5 Å². The number of hydrogen-bond donors (Lipinski definition) is 0. The van der Waals surface area contributed by atoms with Gasteiger partial charge in [0, 0.05) is 0 Å². The van der Waals surface area contributed by atoms with E-state index < -0.39 is 29.9 Å². The summed E-state index contributed by atoms with van der Waals surface area (Å²) in [6.45, 7) is 19.4. The lowest BCUT2D eigenvalue weighted by molar-refractivity contribution is -0.160. The number of methoxy groups -OCH3 is 1. The highest BCUT2D eigenvalue weighted by Crippen LogP contribution is 2.37. The van der Waals surface area contributed by atoms with E-state index in [9.17, 15) is 9.59 Å². The Morgan fingerprint density at radius 2 is 1.39 bits per heavy atom. The molecule has 0 atom stereocenters. The van der Waals surface area contributed by atoms with Crippen molar-refractivity contribution in [2.75, 3.05) is 13.7 Å². The summed E-state index contributed by atoms with van der Waals surface area (Å²) in [6, 6.07) is 0. The molecule has 1 heterocycles. The van der Waals surface area contributed by atoms with Crippen molar-refractivity contribution < 1.29 is 33.1 Å². The molecule has 0 radical (unpaired) electrons. The Morgan fingerprint density at radius 3 is 1.88 bits per heavy atom. The first kappa shape index (κ1) is 27.4. The Morgan fingerprint density at radius 1 is 0.879 bits per heavy atom. The van der Waals surface area contributed by atoms with E-state index in [-0.39, 0.29) is 25.6 Å². The maximum atomic E-state index is 12.2. The molecule has 2 rings (SSSR count). The molecule has 1 aliphatic heterocycles. The molecule has 1 saturated heterocycles. The fourth-order valence-electron chi connectivity index (χ4n) is 3.97. The number of carbonyl (C=O) groups is 2. The summed E-state index contributed by atoms with van der Waals surface area (Å²) in [5, 5.41) is 0. The molecule has 0 aliphatic carbocycles. The Balaban J connectivity index is 2.45. The monoisotopic (exact) mass is 462 g/mol. The van der Waals surface area contributed by atoms with Crippen LogP contribution in [0.15, 0.2) is 0 Å². The molecule has 0 spiro atoms. The summed E-state index contributed by atoms with van der Waals surface area (Å²) < 4.78 is 28.7. The molecule has 0 aromatic heterocycles. The standard InChI is InChI=1S/C25H39BO7/c1-15-18(12-20(27)29-11)16(2)22(26-32-24(7,8)25(9,10)33-26)17(3)19(15)13-30-14-21(28)31-23(4,5)6/h12-14H2,1-11H3. The average molecular weight is 462 g/mol. The van der Waals surface area contributed by atoms with Gasteiger partial charge >= 0.3 is 19.1 Å². The quantitative estimate of drug-likeness (QED) is 0.453. The Hall–Kier alpha value is -1.90. The van der Waals surface area contributed by atoms with Gasteiger partial charge in [-0.1, -0.05) is 0 Å². The van der Waals surface area contributed by atoms with Gasteiger partial charge < -0.3 is 23.5 Å². The molecular weight excluding hydrogens is 423 g/mol. The highest BCUT2D eigenvalue weighted by Gasteiger charge is 2.52. The normalized spacial score (nSPS) is 17.2. The highest BCUT2D eigenvalue weighted by molar-refractivity contribution is 6.63. The zero-order chi connectivity index (χ0) is 25.4. The fourth-order valence-corrected chi connectivity index (χ4v) is 3.97. The summed E-state index contributed by atoms with van der Waals surface area (Å²) in [4.78, 5) is 24.3. The van der Waals surface area contributed by atoms with Crippen molar-refractivity contribution in [2.45, 2.75) is 99.1 Å². The highest BCUT2D eigenvalue weighted by atomic mass is 16.7. The van der Waals surface area contributed by atoms with Crippen LogP contribution in [0.4, 0.5) is 0 Å². The lowest BCUT2D eigenvalue weighted by Gasteiger charge is -2.32. The minimum absolute atomic E-state index is 0.125. The van der Waals surface area contributed by atoms with Gasteiger partial charge in [-0.15, -0.1) is 0 Å². The Kier molecular flexibility index (Phi) is 8.09. The van der Waals surface area contributed by atoms with Crippen LogP contribution in [0.25, 0.3) is 0 Å². The average Bonchev–Trinajstić information content (AvgIpc) is 2.86. The van der Waals surface area contributed by atoms with Crippen LogP contribution in [0.2, 0.25) is 0 Å². The maximum absolute atomic E-state index is 12.2. The van der Waals surface area contributed by atoms with E-state index in [1.165, 1.54) is 7.11 Å².